The molecule has 0 unspecified atom stereocenters. The van der Waals surface area contributed by atoms with Crippen LogP contribution in [0.3, 0.4) is 0 Å². The van der Waals surface area contributed by atoms with Crippen molar-refractivity contribution in [1.29, 1.82) is 0 Å². The molecule has 7 heteroatoms. The summed E-state index contributed by atoms with van der Waals surface area (Å²) in [6.07, 6.45) is 1.78. The van der Waals surface area contributed by atoms with Crippen molar-refractivity contribution in [3.8, 4) is 5.75 Å². The summed E-state index contributed by atoms with van der Waals surface area (Å²) >= 11 is 0. The average molecular weight is 339 g/mol. The normalized spacial score (nSPS) is 11.5. The molecule has 3 aromatic rings. The Hall–Kier alpha value is -3.35. The Morgan fingerprint density at radius 2 is 2.16 bits per heavy atom. The summed E-state index contributed by atoms with van der Waals surface area (Å²) in [6.45, 7) is 3.40. The maximum Gasteiger partial charge on any atom is 0.336 e. The second-order valence-corrected chi connectivity index (χ2v) is 5.51. The molecule has 0 fully saturated rings. The van der Waals surface area contributed by atoms with Crippen LogP contribution in [-0.4, -0.2) is 23.2 Å². The molecular weight excluding hydrogens is 322 g/mol. The summed E-state index contributed by atoms with van der Waals surface area (Å²) in [6, 6.07) is 10.2. The van der Waals surface area contributed by atoms with Crippen molar-refractivity contribution in [3.63, 3.8) is 0 Å². The van der Waals surface area contributed by atoms with E-state index in [1.165, 1.54) is 6.07 Å². The molecule has 2 N–H and O–H groups in total. The van der Waals surface area contributed by atoms with Crippen molar-refractivity contribution >= 4 is 22.6 Å². The highest BCUT2D eigenvalue weighted by Gasteiger charge is 2.07. The first-order valence-corrected chi connectivity index (χ1v) is 7.67. The Labute approximate surface area is 143 Å². The average Bonchev–Trinajstić information content (AvgIpc) is 3.12. The zero-order valence-electron chi connectivity index (χ0n) is 13.8. The number of carbonyl (C=O) groups is 1. The summed E-state index contributed by atoms with van der Waals surface area (Å²) in [4.78, 5) is 26.3. The van der Waals surface area contributed by atoms with Crippen LogP contribution in [0.15, 0.2) is 56.9 Å². The lowest BCUT2D eigenvalue weighted by Crippen LogP contribution is -2.25. The van der Waals surface area contributed by atoms with Crippen molar-refractivity contribution in [3.05, 3.63) is 64.3 Å². The monoisotopic (exact) mass is 339 g/mol. The van der Waals surface area contributed by atoms with Gasteiger partial charge in [-0.1, -0.05) is 0 Å². The predicted octanol–water partition coefficient (Wildman–Crippen LogP) is 2.35. The fraction of sp³-hybridized carbons (Fsp3) is 0.167. The van der Waals surface area contributed by atoms with E-state index in [1.54, 1.807) is 31.3 Å². The van der Waals surface area contributed by atoms with Crippen LogP contribution >= 0.6 is 0 Å². The van der Waals surface area contributed by atoms with Gasteiger partial charge in [-0.3, -0.25) is 4.79 Å². The van der Waals surface area contributed by atoms with Gasteiger partial charge in [-0.25, -0.2) is 10.2 Å². The van der Waals surface area contributed by atoms with E-state index in [-0.39, 0.29) is 6.61 Å². The number of amides is 1. The van der Waals surface area contributed by atoms with E-state index in [1.807, 2.05) is 19.1 Å². The number of aromatic nitrogens is 1. The molecule has 0 aliphatic rings. The van der Waals surface area contributed by atoms with Crippen LogP contribution in [0.1, 0.15) is 18.2 Å². The van der Waals surface area contributed by atoms with Gasteiger partial charge >= 0.3 is 5.63 Å². The number of nitrogens with zero attached hydrogens (tertiary/aromatic N) is 1. The Kier molecular flexibility index (Phi) is 4.65. The maximum atomic E-state index is 11.8. The molecule has 3 rings (SSSR count). The first-order valence-electron chi connectivity index (χ1n) is 7.67. The fourth-order valence-electron chi connectivity index (χ4n) is 2.34. The quantitative estimate of drug-likeness (QED) is 0.424. The van der Waals surface area contributed by atoms with E-state index in [0.29, 0.717) is 17.0 Å². The highest BCUT2D eigenvalue weighted by Crippen LogP contribution is 2.22. The number of ether oxygens (including phenoxy) is 1. The number of hydrogen-bond acceptors (Lipinski definition) is 5. The first-order chi connectivity index (χ1) is 12.0. The molecule has 0 spiro atoms. The molecule has 0 saturated carbocycles. The van der Waals surface area contributed by atoms with Crippen LogP contribution in [0.4, 0.5) is 0 Å². The van der Waals surface area contributed by atoms with Gasteiger partial charge in [0.25, 0.3) is 5.91 Å². The second kappa shape index (κ2) is 7.04. The summed E-state index contributed by atoms with van der Waals surface area (Å²) in [5.74, 6) is 0.0400. The van der Waals surface area contributed by atoms with Crippen LogP contribution in [0.25, 0.3) is 11.0 Å². The van der Waals surface area contributed by atoms with E-state index < -0.39 is 11.5 Å². The zero-order valence-corrected chi connectivity index (χ0v) is 13.8. The van der Waals surface area contributed by atoms with Crippen molar-refractivity contribution < 1.29 is 13.9 Å². The van der Waals surface area contributed by atoms with Gasteiger partial charge < -0.3 is 14.1 Å². The van der Waals surface area contributed by atoms with Gasteiger partial charge in [0.15, 0.2) is 6.61 Å². The standard InChI is InChI=1S/C18H17N3O4/c1-11-8-18(23)25-16-9-13(5-6-14(11)16)24-10-17(22)21-20-12(2)15-4-3-7-19-15/h3-9,19H,10H2,1-2H3,(H,21,22)/b20-12+. The van der Waals surface area contributed by atoms with Gasteiger partial charge in [0.2, 0.25) is 0 Å². The smallest absolute Gasteiger partial charge is 0.336 e. The van der Waals surface area contributed by atoms with Crippen LogP contribution in [0.5, 0.6) is 5.75 Å². The molecule has 128 valence electrons. The molecule has 2 heterocycles. The minimum atomic E-state index is -0.422. The van der Waals surface area contributed by atoms with Gasteiger partial charge in [-0.15, -0.1) is 0 Å². The van der Waals surface area contributed by atoms with E-state index in [0.717, 1.165) is 16.6 Å². The maximum absolute atomic E-state index is 11.8. The molecule has 0 saturated heterocycles. The van der Waals surface area contributed by atoms with E-state index in [2.05, 4.69) is 15.5 Å². The molecular formula is C18H17N3O4. The topological polar surface area (TPSA) is 96.7 Å². The summed E-state index contributed by atoms with van der Waals surface area (Å²) in [7, 11) is 0. The van der Waals surface area contributed by atoms with Gasteiger partial charge in [-0.2, -0.15) is 5.10 Å². The summed E-state index contributed by atoms with van der Waals surface area (Å²) in [5, 5.41) is 4.82. The van der Waals surface area contributed by atoms with E-state index in [4.69, 9.17) is 9.15 Å². The summed E-state index contributed by atoms with van der Waals surface area (Å²) < 4.78 is 10.6. The third kappa shape index (κ3) is 3.95. The van der Waals surface area contributed by atoms with Gasteiger partial charge in [-0.05, 0) is 43.7 Å². The number of aromatic amines is 1. The highest BCUT2D eigenvalue weighted by atomic mass is 16.5. The van der Waals surface area contributed by atoms with Crippen LogP contribution in [-0.2, 0) is 4.79 Å². The zero-order chi connectivity index (χ0) is 17.8. The number of rotatable bonds is 5. The van der Waals surface area contributed by atoms with E-state index in [9.17, 15) is 9.59 Å². The van der Waals surface area contributed by atoms with Crippen LogP contribution < -0.4 is 15.8 Å². The molecule has 0 radical (unpaired) electrons. The van der Waals surface area contributed by atoms with Crippen LogP contribution in [0, 0.1) is 6.92 Å². The SMILES string of the molecule is C/C(=N\NC(=O)COc1ccc2c(C)cc(=O)oc2c1)c1ccc[nH]1. The number of H-pyrrole nitrogens is 1. The number of hydrazone groups is 1. The molecule has 0 aliphatic heterocycles. The van der Waals surface area contributed by atoms with Gasteiger partial charge in [0.05, 0.1) is 11.4 Å². The van der Waals surface area contributed by atoms with Crippen molar-refractivity contribution in [2.45, 2.75) is 13.8 Å². The third-order valence-corrected chi connectivity index (χ3v) is 3.63. The molecule has 7 nitrogen and oxygen atoms in total. The molecule has 0 atom stereocenters. The van der Waals surface area contributed by atoms with Crippen molar-refractivity contribution in [1.82, 2.24) is 10.4 Å². The van der Waals surface area contributed by atoms with Gasteiger partial charge in [0.1, 0.15) is 11.3 Å². The highest BCUT2D eigenvalue weighted by molar-refractivity contribution is 5.97. The third-order valence-electron chi connectivity index (χ3n) is 3.63. The molecule has 0 aliphatic carbocycles. The van der Waals surface area contributed by atoms with Gasteiger partial charge in [0, 0.05) is 23.7 Å². The molecule has 1 amide bonds. The molecule has 1 aromatic carbocycles. The number of fused-ring (bicyclic) bond motifs is 1. The molecule has 2 aromatic heterocycles. The number of aryl methyl sites for hydroxylation is 1. The largest absolute Gasteiger partial charge is 0.484 e. The lowest BCUT2D eigenvalue weighted by atomic mass is 10.1. The number of carbonyl (C=O) groups excluding carboxylic acids is 1. The van der Waals surface area contributed by atoms with Crippen molar-refractivity contribution in [2.75, 3.05) is 6.61 Å². The predicted molar refractivity (Wildman–Crippen MR) is 93.9 cm³/mol. The second-order valence-electron chi connectivity index (χ2n) is 5.51. The first kappa shape index (κ1) is 16.5. The number of nitrogens with one attached hydrogen (secondary N) is 2. The number of benzene rings is 1. The minimum Gasteiger partial charge on any atom is -0.484 e. The van der Waals surface area contributed by atoms with Crippen molar-refractivity contribution in [2.24, 2.45) is 5.10 Å². The summed E-state index contributed by atoms with van der Waals surface area (Å²) in [5.41, 5.74) is 4.72. The molecule has 0 bridgehead atoms. The lowest BCUT2D eigenvalue weighted by Gasteiger charge is -2.07. The Morgan fingerprint density at radius 3 is 2.92 bits per heavy atom. The Bertz CT molecular complexity index is 987. The number of hydrogen-bond donors (Lipinski definition) is 2. The van der Waals surface area contributed by atoms with Crippen LogP contribution in [0.2, 0.25) is 0 Å². The fourth-order valence-corrected chi connectivity index (χ4v) is 2.34. The Balaban J connectivity index is 1.63. The van der Waals surface area contributed by atoms with E-state index >= 15 is 0 Å². The molecule has 25 heavy (non-hydrogen) atoms. The Morgan fingerprint density at radius 1 is 1.32 bits per heavy atom. The minimum absolute atomic E-state index is 0.205. The lowest BCUT2D eigenvalue weighted by molar-refractivity contribution is -0.123.